The van der Waals surface area contributed by atoms with Crippen LogP contribution in [0.4, 0.5) is 5.69 Å². The van der Waals surface area contributed by atoms with E-state index in [1.165, 1.54) is 5.56 Å². The summed E-state index contributed by atoms with van der Waals surface area (Å²) in [4.78, 5) is 4.98. The molecule has 26 heavy (non-hydrogen) atoms. The van der Waals surface area contributed by atoms with Crippen molar-refractivity contribution >= 4 is 23.1 Å². The Labute approximate surface area is 159 Å². The fraction of sp³-hybridized carbons (Fsp3) is 0.381. The summed E-state index contributed by atoms with van der Waals surface area (Å²) in [6.07, 6.45) is 2.92. The van der Waals surface area contributed by atoms with Crippen molar-refractivity contribution < 1.29 is 9.47 Å². The number of nitrogens with zero attached hydrogens (tertiary/aromatic N) is 1. The lowest BCUT2D eigenvalue weighted by Gasteiger charge is -2.42. The van der Waals surface area contributed by atoms with Crippen LogP contribution in [0.5, 0.6) is 5.75 Å². The Bertz CT molecular complexity index is 829. The fourth-order valence-corrected chi connectivity index (χ4v) is 4.14. The van der Waals surface area contributed by atoms with Gasteiger partial charge in [0.2, 0.25) is 0 Å². The van der Waals surface area contributed by atoms with Crippen LogP contribution in [0, 0.1) is 5.41 Å². The second kappa shape index (κ2) is 7.29. The molecule has 2 aromatic carbocycles. The topological polar surface area (TPSA) is 42.8 Å². The molecule has 0 aromatic heterocycles. The van der Waals surface area contributed by atoms with Gasteiger partial charge >= 0.3 is 0 Å². The molecular weight excluding hydrogens is 348 g/mol. The van der Waals surface area contributed by atoms with E-state index in [0.717, 1.165) is 60.3 Å². The Morgan fingerprint density at radius 3 is 2.77 bits per heavy atom. The number of amidine groups is 1. The van der Waals surface area contributed by atoms with Crippen molar-refractivity contribution in [2.24, 2.45) is 10.4 Å². The molecule has 0 unspecified atom stereocenters. The number of halogens is 1. The van der Waals surface area contributed by atoms with Crippen molar-refractivity contribution in [3.8, 4) is 5.75 Å². The molecule has 2 aromatic rings. The molecule has 4 nitrogen and oxygen atoms in total. The summed E-state index contributed by atoms with van der Waals surface area (Å²) in [7, 11) is 1.71. The number of benzene rings is 2. The molecule has 1 fully saturated rings. The SMILES string of the molecule is COc1cccc2c1NC(=NCc1cccc(Cl)c1)C1(CCOCC1)C2. The highest BCUT2D eigenvalue weighted by atomic mass is 35.5. The predicted molar refractivity (Wildman–Crippen MR) is 105 cm³/mol. The molecule has 0 bridgehead atoms. The summed E-state index contributed by atoms with van der Waals surface area (Å²) in [5.74, 6) is 1.90. The quantitative estimate of drug-likeness (QED) is 0.850. The highest BCUT2D eigenvalue weighted by Gasteiger charge is 2.42. The normalized spacial score (nSPS) is 19.8. The summed E-state index contributed by atoms with van der Waals surface area (Å²) >= 11 is 6.12. The Morgan fingerprint density at radius 1 is 1.19 bits per heavy atom. The van der Waals surface area contributed by atoms with Crippen LogP contribution in [0.1, 0.15) is 24.0 Å². The Kier molecular flexibility index (Phi) is 4.88. The van der Waals surface area contributed by atoms with E-state index >= 15 is 0 Å². The van der Waals surface area contributed by atoms with E-state index in [4.69, 9.17) is 26.1 Å². The summed E-state index contributed by atoms with van der Waals surface area (Å²) < 4.78 is 11.2. The van der Waals surface area contributed by atoms with Crippen LogP contribution in [-0.4, -0.2) is 26.2 Å². The third kappa shape index (κ3) is 3.31. The molecule has 2 heterocycles. The van der Waals surface area contributed by atoms with Crippen molar-refractivity contribution in [2.45, 2.75) is 25.8 Å². The number of hydrogen-bond donors (Lipinski definition) is 1. The lowest BCUT2D eigenvalue weighted by atomic mass is 9.71. The second-order valence-corrected chi connectivity index (χ2v) is 7.42. The number of anilines is 1. The van der Waals surface area contributed by atoms with Gasteiger partial charge in [-0.25, -0.2) is 0 Å². The number of nitrogens with one attached hydrogen (secondary N) is 1. The first-order valence-electron chi connectivity index (χ1n) is 9.00. The monoisotopic (exact) mass is 370 g/mol. The number of para-hydroxylation sites is 1. The third-order valence-electron chi connectivity index (χ3n) is 5.37. The second-order valence-electron chi connectivity index (χ2n) is 6.98. The smallest absolute Gasteiger partial charge is 0.142 e. The largest absolute Gasteiger partial charge is 0.495 e. The molecule has 2 aliphatic heterocycles. The summed E-state index contributed by atoms with van der Waals surface area (Å²) in [6.45, 7) is 2.16. The molecule has 0 atom stereocenters. The van der Waals surface area contributed by atoms with Gasteiger partial charge < -0.3 is 14.8 Å². The number of methoxy groups -OCH3 is 1. The molecule has 1 N–H and O–H groups in total. The molecule has 0 amide bonds. The molecule has 0 radical (unpaired) electrons. The zero-order chi connectivity index (χ0) is 18.0. The first-order valence-corrected chi connectivity index (χ1v) is 9.38. The van der Waals surface area contributed by atoms with E-state index in [9.17, 15) is 0 Å². The maximum Gasteiger partial charge on any atom is 0.142 e. The highest BCUT2D eigenvalue weighted by molar-refractivity contribution is 6.30. The van der Waals surface area contributed by atoms with Crippen LogP contribution >= 0.6 is 11.6 Å². The van der Waals surface area contributed by atoms with Gasteiger partial charge in [-0.3, -0.25) is 4.99 Å². The molecule has 0 saturated carbocycles. The number of rotatable bonds is 3. The molecule has 136 valence electrons. The van der Waals surface area contributed by atoms with E-state index in [1.54, 1.807) is 7.11 Å². The van der Waals surface area contributed by atoms with Gasteiger partial charge in [0.05, 0.1) is 19.3 Å². The van der Waals surface area contributed by atoms with E-state index in [1.807, 2.05) is 24.3 Å². The number of fused-ring (bicyclic) bond motifs is 1. The van der Waals surface area contributed by atoms with Crippen molar-refractivity contribution in [1.29, 1.82) is 0 Å². The van der Waals surface area contributed by atoms with Gasteiger partial charge in [0, 0.05) is 23.7 Å². The van der Waals surface area contributed by atoms with Crippen LogP contribution in [0.15, 0.2) is 47.5 Å². The highest BCUT2D eigenvalue weighted by Crippen LogP contribution is 2.44. The minimum atomic E-state index is 0.0101. The van der Waals surface area contributed by atoms with Gasteiger partial charge in [0.15, 0.2) is 0 Å². The van der Waals surface area contributed by atoms with Crippen molar-refractivity contribution in [3.05, 3.63) is 58.6 Å². The average Bonchev–Trinajstić information content (AvgIpc) is 2.66. The third-order valence-corrected chi connectivity index (χ3v) is 5.60. The Hall–Kier alpha value is -2.04. The van der Waals surface area contributed by atoms with Gasteiger partial charge in [0.1, 0.15) is 11.6 Å². The Balaban J connectivity index is 1.70. The van der Waals surface area contributed by atoms with Crippen LogP contribution in [0.25, 0.3) is 0 Å². The van der Waals surface area contributed by atoms with Crippen LogP contribution in [-0.2, 0) is 17.7 Å². The van der Waals surface area contributed by atoms with E-state index < -0.39 is 0 Å². The van der Waals surface area contributed by atoms with Crippen molar-refractivity contribution in [1.82, 2.24) is 0 Å². The van der Waals surface area contributed by atoms with E-state index in [0.29, 0.717) is 6.54 Å². The van der Waals surface area contributed by atoms with Gasteiger partial charge in [-0.2, -0.15) is 0 Å². The van der Waals surface area contributed by atoms with Crippen LogP contribution in [0.3, 0.4) is 0 Å². The van der Waals surface area contributed by atoms with Crippen LogP contribution in [0.2, 0.25) is 5.02 Å². The first-order chi connectivity index (χ1) is 12.7. The van der Waals surface area contributed by atoms with E-state index in [-0.39, 0.29) is 5.41 Å². The molecule has 1 spiro atoms. The molecule has 0 aliphatic carbocycles. The van der Waals surface area contributed by atoms with Gasteiger partial charge in [-0.1, -0.05) is 35.9 Å². The first kappa shape index (κ1) is 17.4. The number of ether oxygens (including phenoxy) is 2. The molecule has 4 rings (SSSR count). The number of aliphatic imine (C=N–C) groups is 1. The van der Waals surface area contributed by atoms with Gasteiger partial charge in [-0.05, 0) is 48.6 Å². The maximum absolute atomic E-state index is 6.12. The predicted octanol–water partition coefficient (Wildman–Crippen LogP) is 4.71. The molecular formula is C21H23ClN2O2. The van der Waals surface area contributed by atoms with Gasteiger partial charge in [0.25, 0.3) is 0 Å². The molecule has 2 aliphatic rings. The lowest BCUT2D eigenvalue weighted by molar-refractivity contribution is 0.0448. The average molecular weight is 371 g/mol. The van der Waals surface area contributed by atoms with Gasteiger partial charge in [-0.15, -0.1) is 0 Å². The summed E-state index contributed by atoms with van der Waals surface area (Å²) in [6, 6.07) is 14.1. The fourth-order valence-electron chi connectivity index (χ4n) is 3.92. The molecule has 5 heteroatoms. The standard InChI is InChI=1S/C21H23ClN2O2/c1-25-18-7-3-5-16-13-21(8-10-26-11-9-21)20(24-19(16)18)23-14-15-4-2-6-17(22)12-15/h2-7,12H,8-11,13-14H2,1H3,(H,23,24). The minimum Gasteiger partial charge on any atom is -0.495 e. The zero-order valence-corrected chi connectivity index (χ0v) is 15.7. The summed E-state index contributed by atoms with van der Waals surface area (Å²) in [5, 5.41) is 4.34. The minimum absolute atomic E-state index is 0.0101. The maximum atomic E-state index is 6.12. The summed E-state index contributed by atoms with van der Waals surface area (Å²) in [5.41, 5.74) is 3.45. The van der Waals surface area contributed by atoms with E-state index in [2.05, 4.69) is 23.5 Å². The van der Waals surface area contributed by atoms with Crippen LogP contribution < -0.4 is 10.1 Å². The number of hydrogen-bond acceptors (Lipinski definition) is 3. The molecule has 1 saturated heterocycles. The zero-order valence-electron chi connectivity index (χ0n) is 14.9. The van der Waals surface area contributed by atoms with Crippen molar-refractivity contribution in [2.75, 3.05) is 25.6 Å². The Morgan fingerprint density at radius 2 is 2.00 bits per heavy atom. The van der Waals surface area contributed by atoms with Crippen molar-refractivity contribution in [3.63, 3.8) is 0 Å². The lowest BCUT2D eigenvalue weighted by Crippen LogP contribution is -2.46.